The van der Waals surface area contributed by atoms with Gasteiger partial charge in [0, 0.05) is 39.3 Å². The molecule has 1 saturated heterocycles. The number of hydrogen-bond donors (Lipinski definition) is 0. The highest BCUT2D eigenvalue weighted by Gasteiger charge is 2.18. The first-order valence-electron chi connectivity index (χ1n) is 13.3. The van der Waals surface area contributed by atoms with Gasteiger partial charge in [-0.25, -0.2) is 9.59 Å². The third kappa shape index (κ3) is 9.03. The maximum atomic E-state index is 12.1. The van der Waals surface area contributed by atoms with Crippen LogP contribution in [0.15, 0.2) is 24.3 Å². The zero-order valence-corrected chi connectivity index (χ0v) is 23.7. The summed E-state index contributed by atoms with van der Waals surface area (Å²) in [6.45, 7) is 17.4. The van der Waals surface area contributed by atoms with Gasteiger partial charge in [0.25, 0.3) is 0 Å². The highest BCUT2D eigenvalue weighted by Crippen LogP contribution is 2.25. The highest BCUT2D eigenvalue weighted by atomic mass is 16.6. The fourth-order valence-corrected chi connectivity index (χ4v) is 4.95. The zero-order valence-electron chi connectivity index (χ0n) is 23.7. The van der Waals surface area contributed by atoms with Gasteiger partial charge in [0.2, 0.25) is 0 Å². The van der Waals surface area contributed by atoms with Crippen molar-refractivity contribution in [1.82, 2.24) is 9.80 Å². The second-order valence-electron chi connectivity index (χ2n) is 10.2. The lowest BCUT2D eigenvalue weighted by Crippen LogP contribution is -2.48. The smallest absolute Gasteiger partial charge is 0.344 e. The minimum Gasteiger partial charge on any atom is -0.481 e. The molecule has 0 aromatic heterocycles. The Kier molecular flexibility index (Phi) is 11.0. The van der Waals surface area contributed by atoms with Gasteiger partial charge < -0.3 is 18.9 Å². The number of nitrogens with zero attached hydrogens (tertiary/aromatic N) is 2. The number of hydrogen-bond acceptors (Lipinski definition) is 8. The molecule has 8 nitrogen and oxygen atoms in total. The van der Waals surface area contributed by atoms with Gasteiger partial charge >= 0.3 is 11.9 Å². The van der Waals surface area contributed by atoms with Crippen LogP contribution in [0.5, 0.6) is 11.5 Å². The lowest BCUT2D eigenvalue weighted by atomic mass is 10.1. The molecule has 0 amide bonds. The van der Waals surface area contributed by atoms with Gasteiger partial charge in [-0.2, -0.15) is 0 Å². The Balaban J connectivity index is 1.25. The summed E-state index contributed by atoms with van der Waals surface area (Å²) in [6.07, 6.45) is 0. The molecule has 0 spiro atoms. The molecule has 1 fully saturated rings. The number of aryl methyl sites for hydroxylation is 6. The fourth-order valence-electron chi connectivity index (χ4n) is 4.95. The van der Waals surface area contributed by atoms with Gasteiger partial charge in [0.1, 0.15) is 24.7 Å². The quantitative estimate of drug-likeness (QED) is 0.388. The molecule has 0 bridgehead atoms. The molecule has 8 heteroatoms. The van der Waals surface area contributed by atoms with E-state index in [1.807, 2.05) is 65.8 Å². The normalized spacial score (nSPS) is 14.3. The van der Waals surface area contributed by atoms with Gasteiger partial charge in [-0.15, -0.1) is 0 Å². The van der Waals surface area contributed by atoms with E-state index in [1.165, 1.54) is 11.1 Å². The number of carbonyl (C=O) groups excluding carboxylic acids is 2. The summed E-state index contributed by atoms with van der Waals surface area (Å²) < 4.78 is 22.2. The van der Waals surface area contributed by atoms with Crippen LogP contribution in [0.1, 0.15) is 33.4 Å². The van der Waals surface area contributed by atoms with E-state index in [-0.39, 0.29) is 25.2 Å². The number of esters is 2. The van der Waals surface area contributed by atoms with E-state index in [0.29, 0.717) is 26.3 Å². The first-order valence-corrected chi connectivity index (χ1v) is 13.3. The summed E-state index contributed by atoms with van der Waals surface area (Å²) in [4.78, 5) is 28.8. The van der Waals surface area contributed by atoms with E-state index in [0.717, 1.165) is 59.9 Å². The van der Waals surface area contributed by atoms with Crippen LogP contribution in [0, 0.1) is 41.5 Å². The van der Waals surface area contributed by atoms with Crippen LogP contribution in [0.25, 0.3) is 0 Å². The lowest BCUT2D eigenvalue weighted by Gasteiger charge is -2.34. The maximum absolute atomic E-state index is 12.1. The topological polar surface area (TPSA) is 77.5 Å². The Hall–Kier alpha value is -3.10. The Morgan fingerprint density at radius 3 is 1.24 bits per heavy atom. The van der Waals surface area contributed by atoms with Crippen molar-refractivity contribution < 1.29 is 28.5 Å². The van der Waals surface area contributed by atoms with Crippen molar-refractivity contribution in [3.05, 3.63) is 57.6 Å². The molecule has 0 radical (unpaired) electrons. The third-order valence-corrected chi connectivity index (χ3v) is 6.68. The van der Waals surface area contributed by atoms with Crippen LogP contribution in [0.3, 0.4) is 0 Å². The first kappa shape index (κ1) is 29.5. The molecule has 3 rings (SSSR count). The molecule has 2 aromatic rings. The van der Waals surface area contributed by atoms with Crippen molar-refractivity contribution in [3.8, 4) is 11.5 Å². The molecule has 1 heterocycles. The molecule has 0 saturated carbocycles. The number of ether oxygens (including phenoxy) is 4. The standard InChI is InChI=1S/C30H42N2O6/c1-21-15-23(3)29(24(4)16-21)37-19-27(33)35-13-11-31-7-9-32(10-8-31)12-14-36-28(34)20-38-30-25(5)17-22(2)18-26(30)6/h15-18H,7-14,19-20H2,1-6H3. The molecular weight excluding hydrogens is 484 g/mol. The molecule has 2 aromatic carbocycles. The average Bonchev–Trinajstić information content (AvgIpc) is 2.83. The fraction of sp³-hybridized carbons (Fsp3) is 0.533. The Bertz CT molecular complexity index is 974. The molecule has 1 aliphatic rings. The van der Waals surface area contributed by atoms with E-state index in [1.54, 1.807) is 0 Å². The second-order valence-corrected chi connectivity index (χ2v) is 10.2. The molecule has 0 aliphatic carbocycles. The number of piperazine rings is 1. The summed E-state index contributed by atoms with van der Waals surface area (Å²) in [7, 11) is 0. The predicted octanol–water partition coefficient (Wildman–Crippen LogP) is 3.70. The summed E-state index contributed by atoms with van der Waals surface area (Å²) in [5.41, 5.74) is 6.41. The van der Waals surface area contributed by atoms with Gasteiger partial charge in [-0.3, -0.25) is 9.80 Å². The zero-order chi connectivity index (χ0) is 27.7. The van der Waals surface area contributed by atoms with Gasteiger partial charge in [0.05, 0.1) is 0 Å². The van der Waals surface area contributed by atoms with Crippen LogP contribution in [-0.2, 0) is 19.1 Å². The third-order valence-electron chi connectivity index (χ3n) is 6.68. The van der Waals surface area contributed by atoms with Gasteiger partial charge in [-0.05, 0) is 63.8 Å². The van der Waals surface area contributed by atoms with Crippen LogP contribution < -0.4 is 9.47 Å². The molecule has 0 unspecified atom stereocenters. The van der Waals surface area contributed by atoms with Crippen molar-refractivity contribution in [2.75, 3.05) is 65.7 Å². The summed E-state index contributed by atoms with van der Waals surface area (Å²) in [5, 5.41) is 0. The van der Waals surface area contributed by atoms with Crippen molar-refractivity contribution in [2.45, 2.75) is 41.5 Å². The van der Waals surface area contributed by atoms with Gasteiger partial charge in [0.15, 0.2) is 13.2 Å². The number of rotatable bonds is 12. The summed E-state index contributed by atoms with van der Waals surface area (Å²) in [5.74, 6) is 0.777. The van der Waals surface area contributed by atoms with E-state index in [4.69, 9.17) is 18.9 Å². The molecule has 38 heavy (non-hydrogen) atoms. The molecule has 0 atom stereocenters. The van der Waals surface area contributed by atoms with E-state index >= 15 is 0 Å². The van der Waals surface area contributed by atoms with Crippen molar-refractivity contribution >= 4 is 11.9 Å². The van der Waals surface area contributed by atoms with E-state index in [2.05, 4.69) is 9.80 Å². The van der Waals surface area contributed by atoms with E-state index in [9.17, 15) is 9.59 Å². The van der Waals surface area contributed by atoms with Crippen LogP contribution in [-0.4, -0.2) is 87.4 Å². The van der Waals surface area contributed by atoms with Crippen molar-refractivity contribution in [1.29, 1.82) is 0 Å². The Labute approximate surface area is 226 Å². The first-order chi connectivity index (χ1) is 18.1. The van der Waals surface area contributed by atoms with Crippen LogP contribution in [0.4, 0.5) is 0 Å². The van der Waals surface area contributed by atoms with Crippen LogP contribution in [0.2, 0.25) is 0 Å². The largest absolute Gasteiger partial charge is 0.481 e. The molecule has 208 valence electrons. The van der Waals surface area contributed by atoms with Crippen molar-refractivity contribution in [3.63, 3.8) is 0 Å². The molecular formula is C30H42N2O6. The highest BCUT2D eigenvalue weighted by molar-refractivity contribution is 5.71. The Morgan fingerprint density at radius 1 is 0.605 bits per heavy atom. The van der Waals surface area contributed by atoms with Crippen molar-refractivity contribution in [2.24, 2.45) is 0 Å². The summed E-state index contributed by atoms with van der Waals surface area (Å²) >= 11 is 0. The van der Waals surface area contributed by atoms with E-state index < -0.39 is 0 Å². The van der Waals surface area contributed by atoms with Crippen LogP contribution >= 0.6 is 0 Å². The number of carbonyl (C=O) groups is 2. The minimum atomic E-state index is -0.360. The molecule has 0 N–H and O–H groups in total. The molecule has 1 aliphatic heterocycles. The SMILES string of the molecule is Cc1cc(C)c(OCC(=O)OCCN2CCN(CCOC(=O)COc3c(C)cc(C)cc3C)CC2)c(C)c1. The van der Waals surface area contributed by atoms with Gasteiger partial charge in [-0.1, -0.05) is 35.4 Å². The average molecular weight is 527 g/mol. The maximum Gasteiger partial charge on any atom is 0.344 e. The second kappa shape index (κ2) is 14.2. The Morgan fingerprint density at radius 2 is 0.921 bits per heavy atom. The lowest BCUT2D eigenvalue weighted by molar-refractivity contribution is -0.147. The monoisotopic (exact) mass is 526 g/mol. The summed E-state index contributed by atoms with van der Waals surface area (Å²) in [6, 6.07) is 8.17. The predicted molar refractivity (Wildman–Crippen MR) is 147 cm³/mol. The minimum absolute atomic E-state index is 0.0908. The number of benzene rings is 2.